The van der Waals surface area contributed by atoms with Crippen LogP contribution in [0.2, 0.25) is 0 Å². The van der Waals surface area contributed by atoms with Crippen molar-refractivity contribution in [2.45, 2.75) is 43.3 Å². The largest absolute Gasteiger partial charge is 0.465 e. The summed E-state index contributed by atoms with van der Waals surface area (Å²) in [6.45, 7) is 1.04. The van der Waals surface area contributed by atoms with Gasteiger partial charge in [-0.2, -0.15) is 0 Å². The molecule has 0 spiro atoms. The van der Waals surface area contributed by atoms with Gasteiger partial charge in [-0.3, -0.25) is 9.78 Å². The van der Waals surface area contributed by atoms with Crippen LogP contribution in [0.5, 0.6) is 0 Å². The molecule has 1 aliphatic rings. The fourth-order valence-corrected chi connectivity index (χ4v) is 5.73. The number of hydrogen-bond acceptors (Lipinski definition) is 4. The summed E-state index contributed by atoms with van der Waals surface area (Å²) >= 11 is 0. The number of benzene rings is 3. The lowest BCUT2D eigenvalue weighted by Gasteiger charge is -2.29. The molecular weight excluding hydrogens is 512 g/mol. The van der Waals surface area contributed by atoms with Crippen LogP contribution in [0.1, 0.15) is 34.7 Å². The number of carbonyl (C=O) groups excluding carboxylic acids is 1. The SMILES string of the molecule is O=C(O)NC(Cc1ccccc1)[C@H]1CCN(CC(c2ccccc2)c2ccccc2)C(=O)[C@H](Cc2ccccn2)N1. The average Bonchev–Trinajstić information content (AvgIpc) is 3.15. The van der Waals surface area contributed by atoms with Gasteiger partial charge in [0.1, 0.15) is 0 Å². The number of amides is 2. The van der Waals surface area contributed by atoms with Crippen LogP contribution in [0.3, 0.4) is 0 Å². The molecule has 2 amide bonds. The molecule has 7 heteroatoms. The summed E-state index contributed by atoms with van der Waals surface area (Å²) in [6.07, 6.45) is 2.20. The number of hydrogen-bond donors (Lipinski definition) is 3. The monoisotopic (exact) mass is 548 g/mol. The zero-order chi connectivity index (χ0) is 28.4. The lowest BCUT2D eigenvalue weighted by Crippen LogP contribution is -2.55. The molecule has 1 aromatic heterocycles. The van der Waals surface area contributed by atoms with E-state index in [9.17, 15) is 14.7 Å². The Morgan fingerprint density at radius 1 is 0.902 bits per heavy atom. The molecule has 0 radical (unpaired) electrons. The molecule has 1 saturated heterocycles. The second-order valence-electron chi connectivity index (χ2n) is 10.5. The van der Waals surface area contributed by atoms with Gasteiger partial charge in [0.05, 0.1) is 12.1 Å². The van der Waals surface area contributed by atoms with Crippen molar-refractivity contribution in [1.82, 2.24) is 20.5 Å². The van der Waals surface area contributed by atoms with E-state index in [2.05, 4.69) is 39.9 Å². The first kappa shape index (κ1) is 28.1. The zero-order valence-electron chi connectivity index (χ0n) is 23.0. The Morgan fingerprint density at radius 3 is 2.10 bits per heavy atom. The second kappa shape index (κ2) is 13.7. The van der Waals surface area contributed by atoms with E-state index < -0.39 is 18.2 Å². The quantitative estimate of drug-likeness (QED) is 0.262. The van der Waals surface area contributed by atoms with Crippen molar-refractivity contribution in [3.63, 3.8) is 0 Å². The second-order valence-corrected chi connectivity index (χ2v) is 10.5. The molecule has 0 bridgehead atoms. The van der Waals surface area contributed by atoms with Crippen molar-refractivity contribution in [3.05, 3.63) is 138 Å². The van der Waals surface area contributed by atoms with Gasteiger partial charge in [0.15, 0.2) is 0 Å². The van der Waals surface area contributed by atoms with Crippen LogP contribution in [-0.2, 0) is 17.6 Å². The molecule has 0 saturated carbocycles. The molecule has 4 aromatic rings. The van der Waals surface area contributed by atoms with Crippen molar-refractivity contribution >= 4 is 12.0 Å². The Bertz CT molecular complexity index is 1350. The van der Waals surface area contributed by atoms with E-state index >= 15 is 0 Å². The number of carboxylic acid groups (broad SMARTS) is 1. The summed E-state index contributed by atoms with van der Waals surface area (Å²) in [7, 11) is 0. The summed E-state index contributed by atoms with van der Waals surface area (Å²) < 4.78 is 0. The van der Waals surface area contributed by atoms with Crippen molar-refractivity contribution in [2.75, 3.05) is 13.1 Å². The van der Waals surface area contributed by atoms with E-state index in [1.54, 1.807) is 6.20 Å². The van der Waals surface area contributed by atoms with E-state index in [4.69, 9.17) is 0 Å². The van der Waals surface area contributed by atoms with Gasteiger partial charge in [0.25, 0.3) is 0 Å². The number of nitrogens with one attached hydrogen (secondary N) is 2. The standard InChI is InChI=1S/C34H36N4O3/c39-33-32(23-28-18-10-11-20-35-28)36-30(31(37-34(40)41)22-25-12-4-1-5-13-25)19-21-38(33)24-29(26-14-6-2-7-15-26)27-16-8-3-9-17-27/h1-18,20,29-32,36-37H,19,21-24H2,(H,40,41)/t30-,31?,32+/m1/s1. The maximum absolute atomic E-state index is 14.2. The first-order chi connectivity index (χ1) is 20.1. The van der Waals surface area contributed by atoms with Crippen LogP contribution in [-0.4, -0.2) is 58.2 Å². The van der Waals surface area contributed by atoms with Crippen LogP contribution in [0.15, 0.2) is 115 Å². The molecule has 2 heterocycles. The first-order valence-corrected chi connectivity index (χ1v) is 14.1. The normalized spacial score (nSPS) is 18.1. The topological polar surface area (TPSA) is 94.6 Å². The molecule has 41 heavy (non-hydrogen) atoms. The van der Waals surface area contributed by atoms with E-state index in [0.29, 0.717) is 32.4 Å². The highest BCUT2D eigenvalue weighted by Gasteiger charge is 2.36. The lowest BCUT2D eigenvalue weighted by molar-refractivity contribution is -0.132. The summed E-state index contributed by atoms with van der Waals surface area (Å²) in [5.41, 5.74) is 4.15. The average molecular weight is 549 g/mol. The van der Waals surface area contributed by atoms with Crippen LogP contribution in [0, 0.1) is 0 Å². The molecular formula is C34H36N4O3. The molecule has 0 aliphatic carbocycles. The van der Waals surface area contributed by atoms with Crippen molar-refractivity contribution in [2.24, 2.45) is 0 Å². The minimum absolute atomic E-state index is 0.00352. The molecule has 210 valence electrons. The predicted octanol–water partition coefficient (Wildman–Crippen LogP) is 4.89. The molecule has 1 unspecified atom stereocenters. The third-order valence-electron chi connectivity index (χ3n) is 7.77. The molecule has 7 nitrogen and oxygen atoms in total. The van der Waals surface area contributed by atoms with Crippen LogP contribution in [0.4, 0.5) is 4.79 Å². The van der Waals surface area contributed by atoms with E-state index in [1.165, 1.54) is 0 Å². The highest BCUT2D eigenvalue weighted by Crippen LogP contribution is 2.27. The fourth-order valence-electron chi connectivity index (χ4n) is 5.73. The summed E-state index contributed by atoms with van der Waals surface area (Å²) in [5, 5.41) is 16.0. The third-order valence-corrected chi connectivity index (χ3v) is 7.77. The summed E-state index contributed by atoms with van der Waals surface area (Å²) in [5.74, 6) is 0.00876. The zero-order valence-corrected chi connectivity index (χ0v) is 23.0. The van der Waals surface area contributed by atoms with Crippen LogP contribution in [0.25, 0.3) is 0 Å². The highest BCUT2D eigenvalue weighted by atomic mass is 16.4. The van der Waals surface area contributed by atoms with Crippen molar-refractivity contribution in [1.29, 1.82) is 0 Å². The molecule has 3 atom stereocenters. The molecule has 3 N–H and O–H groups in total. The minimum Gasteiger partial charge on any atom is -0.465 e. The maximum Gasteiger partial charge on any atom is 0.404 e. The van der Waals surface area contributed by atoms with E-state index in [-0.39, 0.29) is 17.9 Å². The summed E-state index contributed by atoms with van der Waals surface area (Å²) in [4.78, 5) is 32.5. The molecule has 1 fully saturated rings. The van der Waals surface area contributed by atoms with Crippen LogP contribution < -0.4 is 10.6 Å². The van der Waals surface area contributed by atoms with Gasteiger partial charge in [-0.15, -0.1) is 0 Å². The van der Waals surface area contributed by atoms with Gasteiger partial charge in [-0.1, -0.05) is 97.1 Å². The van der Waals surface area contributed by atoms with E-state index in [1.807, 2.05) is 89.8 Å². The predicted molar refractivity (Wildman–Crippen MR) is 160 cm³/mol. The number of pyridine rings is 1. The van der Waals surface area contributed by atoms with Gasteiger partial charge in [-0.25, -0.2) is 4.79 Å². The van der Waals surface area contributed by atoms with Crippen LogP contribution >= 0.6 is 0 Å². The number of nitrogens with zero attached hydrogens (tertiary/aromatic N) is 2. The van der Waals surface area contributed by atoms with Gasteiger partial charge < -0.3 is 20.6 Å². The highest BCUT2D eigenvalue weighted by molar-refractivity contribution is 5.82. The number of aromatic nitrogens is 1. The lowest BCUT2D eigenvalue weighted by atomic mass is 9.90. The molecule has 3 aromatic carbocycles. The smallest absolute Gasteiger partial charge is 0.404 e. The Morgan fingerprint density at radius 2 is 1.51 bits per heavy atom. The summed E-state index contributed by atoms with van der Waals surface area (Å²) in [6, 6.07) is 34.9. The Hall–Kier alpha value is -4.49. The van der Waals surface area contributed by atoms with Gasteiger partial charge >= 0.3 is 6.09 Å². The number of rotatable bonds is 10. The van der Waals surface area contributed by atoms with Gasteiger partial charge in [-0.05, 0) is 41.7 Å². The Balaban J connectivity index is 1.45. The first-order valence-electron chi connectivity index (χ1n) is 14.1. The maximum atomic E-state index is 14.2. The molecule has 5 rings (SSSR count). The van der Waals surface area contributed by atoms with Crippen molar-refractivity contribution in [3.8, 4) is 0 Å². The fraction of sp³-hybridized carbons (Fsp3) is 0.265. The van der Waals surface area contributed by atoms with Crippen molar-refractivity contribution < 1.29 is 14.7 Å². The Labute approximate surface area is 241 Å². The number of carbonyl (C=O) groups is 2. The van der Waals surface area contributed by atoms with Gasteiger partial charge in [0.2, 0.25) is 5.91 Å². The minimum atomic E-state index is -1.07. The Kier molecular flexibility index (Phi) is 9.39. The van der Waals surface area contributed by atoms with E-state index in [0.717, 1.165) is 22.4 Å². The van der Waals surface area contributed by atoms with Gasteiger partial charge in [0, 0.05) is 43.4 Å². The molecule has 1 aliphatic heterocycles. The third kappa shape index (κ3) is 7.58.